The van der Waals surface area contributed by atoms with E-state index in [1.165, 1.54) is 83.5 Å². The fraction of sp³-hybridized carbons (Fsp3) is 0.949. The van der Waals surface area contributed by atoms with E-state index in [-0.39, 0.29) is 12.8 Å². The third-order valence-corrected chi connectivity index (χ3v) is 12.8. The Morgan fingerprint density at radius 3 is 1.29 bits per heavy atom. The number of hydrogen-bond acceptors (Lipinski definition) is 15. The molecule has 0 saturated heterocycles. The van der Waals surface area contributed by atoms with Crippen LogP contribution in [0.25, 0.3) is 0 Å². The van der Waals surface area contributed by atoms with Gasteiger partial charge in [0.1, 0.15) is 43.2 Å². The zero-order valence-corrected chi connectivity index (χ0v) is 40.0. The third-order valence-electron chi connectivity index (χ3n) is 10.5. The molecule has 4 unspecified atom stereocenters. The van der Waals surface area contributed by atoms with E-state index in [9.17, 15) is 63.1 Å². The van der Waals surface area contributed by atoms with Crippen LogP contribution in [0.5, 0.6) is 0 Å². The van der Waals surface area contributed by atoms with E-state index >= 15 is 0 Å². The number of phosphoric ester groups is 3. The lowest BCUT2D eigenvalue weighted by atomic mass is 9.85. The Morgan fingerprint density at radius 2 is 0.871 bits per heavy atom. The van der Waals surface area contributed by atoms with Crippen LogP contribution < -0.4 is 0 Å². The summed E-state index contributed by atoms with van der Waals surface area (Å²) in [5.41, 5.74) is 0. The fourth-order valence-electron chi connectivity index (χ4n) is 7.09. The first kappa shape index (κ1) is 59.5. The molecule has 0 spiro atoms. The van der Waals surface area contributed by atoms with Crippen molar-refractivity contribution >= 4 is 48.0 Å². The molecule has 0 heterocycles. The van der Waals surface area contributed by atoms with E-state index in [4.69, 9.17) is 18.5 Å². The molecule has 23 heteroatoms. The summed E-state index contributed by atoms with van der Waals surface area (Å²) >= 11 is 4.23. The summed E-state index contributed by atoms with van der Waals surface area (Å²) in [7, 11) is -16.6. The molecule has 0 bridgehead atoms. The summed E-state index contributed by atoms with van der Waals surface area (Å²) in [5, 5.41) is 31.8. The lowest BCUT2D eigenvalue weighted by Gasteiger charge is -2.44. The Hall–Kier alpha value is -0.500. The van der Waals surface area contributed by atoms with Gasteiger partial charge in [0.15, 0.2) is 6.10 Å². The van der Waals surface area contributed by atoms with Crippen molar-refractivity contribution in [2.45, 2.75) is 217 Å². The van der Waals surface area contributed by atoms with E-state index in [0.29, 0.717) is 12.8 Å². The largest absolute Gasteiger partial charge is 0.472 e. The molecular weight excluding hydrogens is 897 g/mol. The number of rotatable bonds is 39. The Kier molecular flexibility index (Phi) is 32.5. The van der Waals surface area contributed by atoms with Crippen LogP contribution in [0.2, 0.25) is 0 Å². The number of thiol groups is 1. The highest BCUT2D eigenvalue weighted by Gasteiger charge is 2.56. The monoisotopic (exact) mass is 974 g/mol. The standard InChI is InChI=1S/C39H77O19P3S/c1-2-3-4-5-6-7-8-9-11-15-18-21-24-27-33(41)55-31(29-53-32(40)26-23-20-17-14-12-10-13-16-19-22-25-28-62)30-54-61(51,52)58-37-34(42)35(43)38(56-59(45,46)47)39(36(37)44)57-60(48,49)50/h31,34-39,42-44,62H,2-30H2,1H3,(H,51,52)(H2,45,46,47)(H2,48,49,50)/t31-,34?,35-,36+,37?,38?,39+/m1/s1. The number of carbonyl (C=O) groups excluding carboxylic acids is 2. The zero-order valence-electron chi connectivity index (χ0n) is 36.4. The average molecular weight is 975 g/mol. The molecule has 62 heavy (non-hydrogen) atoms. The maximum Gasteiger partial charge on any atom is 0.472 e. The van der Waals surface area contributed by atoms with Gasteiger partial charge in [-0.1, -0.05) is 142 Å². The van der Waals surface area contributed by atoms with Crippen LogP contribution in [-0.4, -0.2) is 113 Å². The van der Waals surface area contributed by atoms with Crippen molar-refractivity contribution in [3.05, 3.63) is 0 Å². The van der Waals surface area contributed by atoms with Crippen LogP contribution in [0.4, 0.5) is 0 Å². The van der Waals surface area contributed by atoms with Gasteiger partial charge in [-0.3, -0.25) is 27.7 Å². The van der Waals surface area contributed by atoms with Gasteiger partial charge in [-0.2, -0.15) is 12.6 Å². The maximum atomic E-state index is 13.1. The van der Waals surface area contributed by atoms with E-state index in [0.717, 1.165) is 63.5 Å². The molecule has 1 aliphatic carbocycles. The molecule has 8 atom stereocenters. The Morgan fingerprint density at radius 1 is 0.500 bits per heavy atom. The molecule has 0 aliphatic heterocycles. The zero-order chi connectivity index (χ0) is 46.4. The second-order valence-corrected chi connectivity index (χ2v) is 20.3. The number of ether oxygens (including phenoxy) is 2. The smallest absolute Gasteiger partial charge is 0.462 e. The average Bonchev–Trinajstić information content (AvgIpc) is 3.19. The Bertz CT molecular complexity index is 1340. The van der Waals surface area contributed by atoms with Crippen LogP contribution in [0.1, 0.15) is 174 Å². The quantitative estimate of drug-likeness (QED) is 0.0128. The first-order chi connectivity index (χ1) is 29.3. The molecule has 8 N–H and O–H groups in total. The van der Waals surface area contributed by atoms with Crippen LogP contribution in [0, 0.1) is 0 Å². The minimum absolute atomic E-state index is 0.00269. The van der Waals surface area contributed by atoms with E-state index in [1.54, 1.807) is 0 Å². The first-order valence-electron chi connectivity index (χ1n) is 22.4. The third kappa shape index (κ3) is 29.9. The SMILES string of the molecule is CCCCCCCCCCCCCCCC(=O)O[C@H](COC(=O)CCCCCCCCCCCCCS)COP(=O)(O)OC1C(O)[C@@H](O)C(OP(=O)(O)O)[C@@H](OP(=O)(O)O)[C@H]1O. The predicted molar refractivity (Wildman–Crippen MR) is 233 cm³/mol. The Labute approximate surface area is 373 Å². The highest BCUT2D eigenvalue weighted by atomic mass is 32.1. The lowest BCUT2D eigenvalue weighted by molar-refractivity contribution is -0.213. The molecule has 0 amide bonds. The van der Waals surface area contributed by atoms with Crippen LogP contribution in [-0.2, 0) is 50.9 Å². The van der Waals surface area contributed by atoms with Gasteiger partial charge in [-0.05, 0) is 25.0 Å². The van der Waals surface area contributed by atoms with E-state index in [2.05, 4.69) is 28.6 Å². The van der Waals surface area contributed by atoms with Gasteiger partial charge in [-0.25, -0.2) is 13.7 Å². The van der Waals surface area contributed by atoms with Crippen molar-refractivity contribution in [3.8, 4) is 0 Å². The molecule has 1 saturated carbocycles. The number of carbonyl (C=O) groups is 2. The first-order valence-corrected chi connectivity index (χ1v) is 27.6. The maximum absolute atomic E-state index is 13.1. The van der Waals surface area contributed by atoms with Gasteiger partial charge in [0.05, 0.1) is 6.61 Å². The van der Waals surface area contributed by atoms with Crippen LogP contribution in [0.15, 0.2) is 0 Å². The molecule has 1 fully saturated rings. The molecule has 0 aromatic rings. The summed E-state index contributed by atoms with van der Waals surface area (Å²) in [6, 6.07) is 0. The molecule has 0 aromatic carbocycles. The van der Waals surface area contributed by atoms with Crippen LogP contribution >= 0.6 is 36.1 Å². The molecule has 0 aromatic heterocycles. The molecule has 19 nitrogen and oxygen atoms in total. The summed E-state index contributed by atoms with van der Waals surface area (Å²) in [4.78, 5) is 73.0. The summed E-state index contributed by atoms with van der Waals surface area (Å²) in [6.07, 6.45) is 9.71. The molecule has 368 valence electrons. The molecule has 1 aliphatic rings. The number of hydrogen-bond donors (Lipinski definition) is 9. The van der Waals surface area contributed by atoms with E-state index < -0.39 is 91.3 Å². The number of phosphoric acid groups is 3. The number of esters is 2. The highest BCUT2D eigenvalue weighted by molar-refractivity contribution is 7.80. The van der Waals surface area contributed by atoms with Gasteiger partial charge in [0.25, 0.3) is 0 Å². The van der Waals surface area contributed by atoms with Crippen molar-refractivity contribution in [2.24, 2.45) is 0 Å². The summed E-state index contributed by atoms with van der Waals surface area (Å²) in [6.45, 7) is 0.727. The number of aliphatic hydroxyl groups excluding tert-OH is 3. The number of aliphatic hydroxyl groups is 3. The second-order valence-electron chi connectivity index (χ2n) is 16.1. The van der Waals surface area contributed by atoms with Gasteiger partial charge >= 0.3 is 35.4 Å². The number of unbranched alkanes of at least 4 members (excludes halogenated alkanes) is 22. The van der Waals surface area contributed by atoms with Crippen molar-refractivity contribution < 1.29 is 90.6 Å². The highest BCUT2D eigenvalue weighted by Crippen LogP contribution is 2.51. The lowest BCUT2D eigenvalue weighted by Crippen LogP contribution is -2.65. The minimum atomic E-state index is -5.59. The molecular formula is C39H77O19P3S. The van der Waals surface area contributed by atoms with E-state index in [1.807, 2.05) is 0 Å². The van der Waals surface area contributed by atoms with Gasteiger partial charge in [-0.15, -0.1) is 0 Å². The van der Waals surface area contributed by atoms with Gasteiger partial charge in [0.2, 0.25) is 0 Å². The fourth-order valence-corrected chi connectivity index (χ4v) is 9.41. The molecule has 1 rings (SSSR count). The predicted octanol–water partition coefficient (Wildman–Crippen LogP) is 7.09. The summed E-state index contributed by atoms with van der Waals surface area (Å²) < 4.78 is 65.3. The second kappa shape index (κ2) is 33.9. The Balaban J connectivity index is 2.76. The van der Waals surface area contributed by atoms with Gasteiger partial charge < -0.3 is 49.3 Å². The normalized spacial score (nSPS) is 22.3. The van der Waals surface area contributed by atoms with Crippen LogP contribution in [0.3, 0.4) is 0 Å². The van der Waals surface area contributed by atoms with Gasteiger partial charge in [0, 0.05) is 12.8 Å². The van der Waals surface area contributed by atoms with Crippen molar-refractivity contribution in [1.29, 1.82) is 0 Å². The van der Waals surface area contributed by atoms with Crippen molar-refractivity contribution in [1.82, 2.24) is 0 Å². The van der Waals surface area contributed by atoms with Crippen molar-refractivity contribution in [2.75, 3.05) is 19.0 Å². The summed E-state index contributed by atoms with van der Waals surface area (Å²) in [5.74, 6) is -0.374. The van der Waals surface area contributed by atoms with Crippen molar-refractivity contribution in [3.63, 3.8) is 0 Å². The topological polar surface area (TPSA) is 303 Å². The minimum Gasteiger partial charge on any atom is -0.462 e. The molecule has 0 radical (unpaired) electrons.